The number of aromatic nitrogens is 1. The second kappa shape index (κ2) is 5.93. The minimum Gasteiger partial charge on any atom is -0.388 e. The fourth-order valence-electron chi connectivity index (χ4n) is 2.38. The van der Waals surface area contributed by atoms with E-state index in [1.165, 1.54) is 6.07 Å². The highest BCUT2D eigenvalue weighted by atomic mass is 35.5. The summed E-state index contributed by atoms with van der Waals surface area (Å²) in [5.74, 6) is 1.01. The Morgan fingerprint density at radius 3 is 2.80 bits per heavy atom. The molecule has 1 saturated carbocycles. The van der Waals surface area contributed by atoms with Crippen LogP contribution in [0.15, 0.2) is 12.3 Å². The zero-order chi connectivity index (χ0) is 14.8. The van der Waals surface area contributed by atoms with Crippen LogP contribution in [0.2, 0.25) is 5.02 Å². The van der Waals surface area contributed by atoms with Crippen molar-refractivity contribution < 1.29 is 10.0 Å². The summed E-state index contributed by atoms with van der Waals surface area (Å²) in [7, 11) is 0. The normalized spacial score (nSPS) is 26.2. The predicted octanol–water partition coefficient (Wildman–Crippen LogP) is 3.00. The zero-order valence-electron chi connectivity index (χ0n) is 11.3. The highest BCUT2D eigenvalue weighted by Crippen LogP contribution is 2.32. The van der Waals surface area contributed by atoms with Gasteiger partial charge in [0.25, 0.3) is 5.69 Å². The van der Waals surface area contributed by atoms with Gasteiger partial charge in [-0.15, -0.1) is 0 Å². The van der Waals surface area contributed by atoms with Crippen LogP contribution in [0.3, 0.4) is 0 Å². The van der Waals surface area contributed by atoms with Crippen molar-refractivity contribution in [3.05, 3.63) is 27.4 Å². The molecule has 1 aromatic rings. The Balaban J connectivity index is 1.99. The molecule has 1 aromatic heterocycles. The summed E-state index contributed by atoms with van der Waals surface area (Å²) in [6.07, 6.45) is 4.64. The van der Waals surface area contributed by atoms with Crippen LogP contribution in [0, 0.1) is 16.0 Å². The van der Waals surface area contributed by atoms with Crippen molar-refractivity contribution in [3.63, 3.8) is 0 Å². The topological polar surface area (TPSA) is 88.3 Å². The van der Waals surface area contributed by atoms with Gasteiger partial charge in [0.05, 0.1) is 15.5 Å². The first-order chi connectivity index (χ1) is 9.39. The van der Waals surface area contributed by atoms with Gasteiger partial charge in [0.1, 0.15) is 12.0 Å². The van der Waals surface area contributed by atoms with E-state index in [-0.39, 0.29) is 10.7 Å². The molecular formula is C13H18ClN3O3. The summed E-state index contributed by atoms with van der Waals surface area (Å²) in [5.41, 5.74) is -0.898. The van der Waals surface area contributed by atoms with Gasteiger partial charge in [-0.1, -0.05) is 18.5 Å². The molecule has 1 fully saturated rings. The number of hydrogen-bond acceptors (Lipinski definition) is 5. The average molecular weight is 300 g/mol. The lowest BCUT2D eigenvalue weighted by Crippen LogP contribution is -2.40. The van der Waals surface area contributed by atoms with Gasteiger partial charge in [0.2, 0.25) is 0 Å². The fourth-order valence-corrected chi connectivity index (χ4v) is 2.61. The Kier molecular flexibility index (Phi) is 4.45. The quantitative estimate of drug-likeness (QED) is 0.659. The van der Waals surface area contributed by atoms with Gasteiger partial charge in [-0.3, -0.25) is 10.1 Å². The Hall–Kier alpha value is -1.40. The molecule has 110 valence electrons. The Morgan fingerprint density at radius 1 is 1.60 bits per heavy atom. The predicted molar refractivity (Wildman–Crippen MR) is 77.0 cm³/mol. The summed E-state index contributed by atoms with van der Waals surface area (Å²) in [6.45, 7) is 2.53. The number of pyridine rings is 1. The van der Waals surface area contributed by atoms with Gasteiger partial charge in [-0.2, -0.15) is 0 Å². The minimum atomic E-state index is -0.751. The molecule has 0 aromatic carbocycles. The molecule has 0 atom stereocenters. The van der Waals surface area contributed by atoms with Crippen LogP contribution in [0.4, 0.5) is 11.5 Å². The van der Waals surface area contributed by atoms with Crippen LogP contribution in [-0.4, -0.2) is 27.2 Å². The van der Waals surface area contributed by atoms with Gasteiger partial charge in [0, 0.05) is 12.6 Å². The first kappa shape index (κ1) is 15.0. The molecule has 0 amide bonds. The number of aliphatic hydroxyl groups is 1. The summed E-state index contributed by atoms with van der Waals surface area (Å²) in [5, 5.41) is 24.2. The van der Waals surface area contributed by atoms with Crippen LogP contribution >= 0.6 is 11.6 Å². The second-order valence-electron chi connectivity index (χ2n) is 5.54. The van der Waals surface area contributed by atoms with Gasteiger partial charge < -0.3 is 10.4 Å². The molecule has 20 heavy (non-hydrogen) atoms. The maximum Gasteiger partial charge on any atom is 0.289 e. The fraction of sp³-hybridized carbons (Fsp3) is 0.615. The molecule has 6 nitrogen and oxygen atoms in total. The van der Waals surface area contributed by atoms with Crippen LogP contribution in [0.1, 0.15) is 32.6 Å². The van der Waals surface area contributed by atoms with Crippen molar-refractivity contribution in [2.24, 2.45) is 5.92 Å². The molecular weight excluding hydrogens is 282 g/mol. The van der Waals surface area contributed by atoms with Crippen LogP contribution in [0.25, 0.3) is 0 Å². The van der Waals surface area contributed by atoms with E-state index in [1.807, 2.05) is 0 Å². The highest BCUT2D eigenvalue weighted by molar-refractivity contribution is 6.33. The maximum absolute atomic E-state index is 10.6. The largest absolute Gasteiger partial charge is 0.388 e. The highest BCUT2D eigenvalue weighted by Gasteiger charge is 2.31. The van der Waals surface area contributed by atoms with E-state index >= 15 is 0 Å². The summed E-state index contributed by atoms with van der Waals surface area (Å²) < 4.78 is 0. The van der Waals surface area contributed by atoms with Crippen LogP contribution < -0.4 is 5.32 Å². The number of nitrogens with zero attached hydrogens (tertiary/aromatic N) is 2. The maximum atomic E-state index is 10.6. The monoisotopic (exact) mass is 299 g/mol. The van der Waals surface area contributed by atoms with Crippen molar-refractivity contribution in [3.8, 4) is 0 Å². The van der Waals surface area contributed by atoms with Crippen LogP contribution in [-0.2, 0) is 0 Å². The van der Waals surface area contributed by atoms with Gasteiger partial charge in [0.15, 0.2) is 0 Å². The second-order valence-corrected chi connectivity index (χ2v) is 5.95. The molecule has 1 aliphatic carbocycles. The van der Waals surface area contributed by atoms with E-state index in [0.717, 1.165) is 31.9 Å². The third-order valence-corrected chi connectivity index (χ3v) is 4.12. The van der Waals surface area contributed by atoms with Crippen LogP contribution in [0.5, 0.6) is 0 Å². The van der Waals surface area contributed by atoms with Gasteiger partial charge in [-0.25, -0.2) is 4.98 Å². The third kappa shape index (κ3) is 3.58. The average Bonchev–Trinajstić information content (AvgIpc) is 2.41. The third-order valence-electron chi connectivity index (χ3n) is 3.83. The number of rotatable bonds is 4. The molecule has 7 heteroatoms. The number of nitrogens with one attached hydrogen (secondary N) is 1. The van der Waals surface area contributed by atoms with Crippen molar-refractivity contribution >= 4 is 23.1 Å². The number of hydrogen-bond donors (Lipinski definition) is 2. The lowest BCUT2D eigenvalue weighted by atomic mass is 9.79. The SMILES string of the molecule is CC1CCC(O)(CNc2ncc([N+](=O)[O-])cc2Cl)CC1. The standard InChI is InChI=1S/C13H18ClN3O3/c1-9-2-4-13(18,5-3-9)8-16-12-11(14)6-10(7-15-12)17(19)20/h6-7,9,18H,2-5,8H2,1H3,(H,15,16). The van der Waals surface area contributed by atoms with E-state index in [2.05, 4.69) is 17.2 Å². The van der Waals surface area contributed by atoms with E-state index in [4.69, 9.17) is 11.6 Å². The summed E-state index contributed by atoms with van der Waals surface area (Å²) >= 11 is 5.95. The molecule has 0 saturated heterocycles. The summed E-state index contributed by atoms with van der Waals surface area (Å²) in [4.78, 5) is 14.0. The molecule has 1 heterocycles. The van der Waals surface area contributed by atoms with Gasteiger partial charge in [-0.05, 0) is 31.6 Å². The van der Waals surface area contributed by atoms with Crippen molar-refractivity contribution in [1.82, 2.24) is 4.98 Å². The van der Waals surface area contributed by atoms with Gasteiger partial charge >= 0.3 is 0 Å². The molecule has 2 rings (SSSR count). The number of anilines is 1. The Bertz CT molecular complexity index is 502. The van der Waals surface area contributed by atoms with E-state index in [9.17, 15) is 15.2 Å². The van der Waals surface area contributed by atoms with E-state index in [1.54, 1.807) is 0 Å². The van der Waals surface area contributed by atoms with Crippen molar-refractivity contribution in [1.29, 1.82) is 0 Å². The Morgan fingerprint density at radius 2 is 2.25 bits per heavy atom. The molecule has 0 aliphatic heterocycles. The van der Waals surface area contributed by atoms with Crippen molar-refractivity contribution in [2.45, 2.75) is 38.2 Å². The first-order valence-electron chi connectivity index (χ1n) is 6.66. The smallest absolute Gasteiger partial charge is 0.289 e. The molecule has 1 aliphatic rings. The van der Waals surface area contributed by atoms with Crippen molar-refractivity contribution in [2.75, 3.05) is 11.9 Å². The number of nitro groups is 1. The molecule has 0 unspecified atom stereocenters. The van der Waals surface area contributed by atoms with E-state index in [0.29, 0.717) is 18.3 Å². The first-order valence-corrected chi connectivity index (χ1v) is 7.04. The molecule has 2 N–H and O–H groups in total. The molecule has 0 radical (unpaired) electrons. The molecule has 0 spiro atoms. The minimum absolute atomic E-state index is 0.147. The summed E-state index contributed by atoms with van der Waals surface area (Å²) in [6, 6.07) is 1.25. The van der Waals surface area contributed by atoms with E-state index < -0.39 is 10.5 Å². The lowest BCUT2D eigenvalue weighted by Gasteiger charge is -2.35. The number of halogens is 1. The lowest BCUT2D eigenvalue weighted by molar-refractivity contribution is -0.385. The zero-order valence-corrected chi connectivity index (χ0v) is 12.1. The molecule has 0 bridgehead atoms. The Labute approximate surface area is 122 Å².